The Kier molecular flexibility index (Phi) is 4.26. The zero-order valence-corrected chi connectivity index (χ0v) is 12.1. The van der Waals surface area contributed by atoms with Gasteiger partial charge in [-0.1, -0.05) is 17.7 Å². The summed E-state index contributed by atoms with van der Waals surface area (Å²) in [5.74, 6) is -0.666. The van der Waals surface area contributed by atoms with Gasteiger partial charge in [0.2, 0.25) is 0 Å². The van der Waals surface area contributed by atoms with E-state index in [4.69, 9.17) is 11.6 Å². The molecule has 2 aromatic rings. The Labute approximate surface area is 120 Å². The number of carbonyl (C=O) groups excluding carboxylic acids is 1. The molecule has 2 heterocycles. The molecule has 0 unspecified atom stereocenters. The van der Waals surface area contributed by atoms with E-state index in [9.17, 15) is 13.2 Å². The van der Waals surface area contributed by atoms with Crippen molar-refractivity contribution in [2.24, 2.45) is 0 Å². The lowest BCUT2D eigenvalue weighted by atomic mass is 10.5. The van der Waals surface area contributed by atoms with Gasteiger partial charge in [-0.3, -0.25) is 9.20 Å². The molecule has 0 atom stereocenters. The van der Waals surface area contributed by atoms with Crippen LogP contribution in [0.15, 0.2) is 29.4 Å². The quantitative estimate of drug-likeness (QED) is 0.825. The third kappa shape index (κ3) is 2.92. The van der Waals surface area contributed by atoms with Gasteiger partial charge >= 0.3 is 5.97 Å². The maximum Gasteiger partial charge on any atom is 0.321 e. The molecular weight excluding hydrogens is 306 g/mol. The summed E-state index contributed by atoms with van der Waals surface area (Å²) in [7, 11) is -3.97. The highest BCUT2D eigenvalue weighted by Crippen LogP contribution is 2.22. The molecule has 0 fully saturated rings. The minimum absolute atomic E-state index is 0.160. The molecule has 0 amide bonds. The molecule has 0 saturated heterocycles. The molecule has 7 nitrogen and oxygen atoms in total. The van der Waals surface area contributed by atoms with Crippen LogP contribution in [0, 0.1) is 0 Å². The van der Waals surface area contributed by atoms with Crippen LogP contribution in [-0.2, 0) is 19.6 Å². The van der Waals surface area contributed by atoms with Crippen molar-refractivity contribution < 1.29 is 17.9 Å². The highest BCUT2D eigenvalue weighted by molar-refractivity contribution is 7.89. The lowest BCUT2D eigenvalue weighted by Crippen LogP contribution is -2.31. The fraction of sp³-hybridized carbons (Fsp3) is 0.273. The first-order chi connectivity index (χ1) is 9.45. The molecule has 9 heteroatoms. The molecule has 2 aromatic heterocycles. The molecule has 0 saturated carbocycles. The molecule has 0 aromatic carbocycles. The Balaban J connectivity index is 2.32. The SMILES string of the molecule is CCOC(=O)CNS(=O)(=O)c1c(Cl)nc2ccccn12. The lowest BCUT2D eigenvalue weighted by Gasteiger charge is -2.06. The lowest BCUT2D eigenvalue weighted by molar-refractivity contribution is -0.141. The maximum absolute atomic E-state index is 12.2. The highest BCUT2D eigenvalue weighted by atomic mass is 35.5. The van der Waals surface area contributed by atoms with E-state index in [-0.39, 0.29) is 16.8 Å². The minimum atomic E-state index is -3.97. The zero-order chi connectivity index (χ0) is 14.8. The summed E-state index contributed by atoms with van der Waals surface area (Å²) in [6, 6.07) is 4.98. The molecule has 0 aliphatic heterocycles. The molecule has 108 valence electrons. The van der Waals surface area contributed by atoms with Gasteiger partial charge in [-0.2, -0.15) is 4.72 Å². The zero-order valence-electron chi connectivity index (χ0n) is 10.5. The number of pyridine rings is 1. The van der Waals surface area contributed by atoms with E-state index >= 15 is 0 Å². The van der Waals surface area contributed by atoms with Crippen molar-refractivity contribution in [1.82, 2.24) is 14.1 Å². The van der Waals surface area contributed by atoms with Gasteiger partial charge in [-0.15, -0.1) is 0 Å². The number of esters is 1. The Bertz CT molecular complexity index is 741. The predicted molar refractivity (Wildman–Crippen MR) is 72.0 cm³/mol. The number of hydrogen-bond acceptors (Lipinski definition) is 5. The number of aromatic nitrogens is 2. The van der Waals surface area contributed by atoms with Gasteiger partial charge in [0.05, 0.1) is 6.61 Å². The Hall–Kier alpha value is -1.64. The van der Waals surface area contributed by atoms with Crippen molar-refractivity contribution in [3.63, 3.8) is 0 Å². The van der Waals surface area contributed by atoms with Crippen LogP contribution in [0.4, 0.5) is 0 Å². The number of sulfonamides is 1. The van der Waals surface area contributed by atoms with Crippen molar-refractivity contribution in [2.45, 2.75) is 11.9 Å². The van der Waals surface area contributed by atoms with Crippen LogP contribution in [0.3, 0.4) is 0 Å². The van der Waals surface area contributed by atoms with E-state index in [0.29, 0.717) is 5.65 Å². The minimum Gasteiger partial charge on any atom is -0.465 e. The van der Waals surface area contributed by atoms with Crippen molar-refractivity contribution in [2.75, 3.05) is 13.2 Å². The summed E-state index contributed by atoms with van der Waals surface area (Å²) in [5.41, 5.74) is 0.397. The summed E-state index contributed by atoms with van der Waals surface area (Å²) < 4.78 is 32.5. The molecule has 0 aliphatic rings. The number of ether oxygens (including phenoxy) is 1. The molecule has 1 N–H and O–H groups in total. The van der Waals surface area contributed by atoms with Crippen LogP contribution in [0.5, 0.6) is 0 Å². The number of hydrogen-bond donors (Lipinski definition) is 1. The standard InChI is InChI=1S/C11H12ClN3O4S/c1-2-19-9(16)7-13-20(17,18)11-10(12)14-8-5-3-4-6-15(8)11/h3-6,13H,2,7H2,1H3. The van der Waals surface area contributed by atoms with Crippen LogP contribution in [0.2, 0.25) is 5.15 Å². The second-order valence-electron chi connectivity index (χ2n) is 3.77. The number of fused-ring (bicyclic) bond motifs is 1. The van der Waals surface area contributed by atoms with Gasteiger partial charge < -0.3 is 4.74 Å². The Morgan fingerprint density at radius 3 is 2.95 bits per heavy atom. The third-order valence-electron chi connectivity index (χ3n) is 2.41. The van der Waals surface area contributed by atoms with Gasteiger partial charge in [0.1, 0.15) is 12.2 Å². The van der Waals surface area contributed by atoms with E-state index in [2.05, 4.69) is 14.4 Å². The normalized spacial score (nSPS) is 11.7. The van der Waals surface area contributed by atoms with Crippen LogP contribution < -0.4 is 4.72 Å². The molecule has 2 rings (SSSR count). The first-order valence-corrected chi connectivity index (χ1v) is 7.59. The average molecular weight is 318 g/mol. The molecule has 0 bridgehead atoms. The second kappa shape index (κ2) is 5.78. The van der Waals surface area contributed by atoms with E-state index in [1.165, 1.54) is 10.6 Å². The van der Waals surface area contributed by atoms with E-state index < -0.39 is 22.5 Å². The van der Waals surface area contributed by atoms with E-state index in [1.54, 1.807) is 25.1 Å². The number of imidazole rings is 1. The summed E-state index contributed by atoms with van der Waals surface area (Å²) in [6.07, 6.45) is 1.52. The second-order valence-corrected chi connectivity index (χ2v) is 5.81. The van der Waals surface area contributed by atoms with Crippen LogP contribution >= 0.6 is 11.6 Å². The smallest absolute Gasteiger partial charge is 0.321 e. The van der Waals surface area contributed by atoms with Crippen molar-refractivity contribution in [3.8, 4) is 0 Å². The van der Waals surface area contributed by atoms with E-state index in [1.807, 2.05) is 0 Å². The van der Waals surface area contributed by atoms with Gasteiger partial charge in [0.25, 0.3) is 10.0 Å². The monoisotopic (exact) mass is 317 g/mol. The average Bonchev–Trinajstić information content (AvgIpc) is 2.73. The molecule has 0 aliphatic carbocycles. The Morgan fingerprint density at radius 2 is 2.25 bits per heavy atom. The van der Waals surface area contributed by atoms with Crippen LogP contribution in [-0.4, -0.2) is 36.9 Å². The van der Waals surface area contributed by atoms with Gasteiger partial charge in [-0.05, 0) is 19.1 Å². The number of nitrogens with one attached hydrogen (secondary N) is 1. The fourth-order valence-electron chi connectivity index (χ4n) is 1.62. The first kappa shape index (κ1) is 14.8. The Morgan fingerprint density at radius 1 is 1.50 bits per heavy atom. The summed E-state index contributed by atoms with van der Waals surface area (Å²) in [4.78, 5) is 15.1. The highest BCUT2D eigenvalue weighted by Gasteiger charge is 2.24. The van der Waals surface area contributed by atoms with Crippen molar-refractivity contribution in [3.05, 3.63) is 29.5 Å². The van der Waals surface area contributed by atoms with E-state index in [0.717, 1.165) is 0 Å². The fourth-order valence-corrected chi connectivity index (χ4v) is 3.23. The molecule has 0 radical (unpaired) electrons. The first-order valence-electron chi connectivity index (χ1n) is 5.73. The summed E-state index contributed by atoms with van der Waals surface area (Å²) in [6.45, 7) is 1.34. The van der Waals surface area contributed by atoms with Crippen LogP contribution in [0.1, 0.15) is 6.92 Å². The van der Waals surface area contributed by atoms with Gasteiger partial charge in [0.15, 0.2) is 10.2 Å². The van der Waals surface area contributed by atoms with Gasteiger partial charge in [0, 0.05) is 6.20 Å². The van der Waals surface area contributed by atoms with Crippen LogP contribution in [0.25, 0.3) is 5.65 Å². The maximum atomic E-state index is 12.2. The number of nitrogens with zero attached hydrogens (tertiary/aromatic N) is 2. The number of halogens is 1. The third-order valence-corrected chi connectivity index (χ3v) is 4.21. The topological polar surface area (TPSA) is 89.8 Å². The largest absolute Gasteiger partial charge is 0.465 e. The van der Waals surface area contributed by atoms with Gasteiger partial charge in [-0.25, -0.2) is 13.4 Å². The predicted octanol–water partition coefficient (Wildman–Crippen LogP) is 0.829. The van der Waals surface area contributed by atoms with Crippen molar-refractivity contribution >= 4 is 33.2 Å². The molecule has 20 heavy (non-hydrogen) atoms. The van der Waals surface area contributed by atoms with Crippen molar-refractivity contribution in [1.29, 1.82) is 0 Å². The number of carbonyl (C=O) groups is 1. The molecule has 0 spiro atoms. The summed E-state index contributed by atoms with van der Waals surface area (Å²) in [5, 5.41) is -0.369. The molecular formula is C11H12ClN3O4S. The number of rotatable bonds is 5. The summed E-state index contributed by atoms with van der Waals surface area (Å²) >= 11 is 5.86.